The Labute approximate surface area is 117 Å². The predicted octanol–water partition coefficient (Wildman–Crippen LogP) is 3.74. The number of amides is 1. The van der Waals surface area contributed by atoms with E-state index in [1.165, 1.54) is 0 Å². The van der Waals surface area contributed by atoms with E-state index in [0.717, 1.165) is 35.3 Å². The van der Waals surface area contributed by atoms with E-state index in [-0.39, 0.29) is 11.8 Å². The maximum absolute atomic E-state index is 12.1. The third kappa shape index (κ3) is 3.98. The average Bonchev–Trinajstić information content (AvgIpc) is 2.33. The molecule has 0 aliphatic heterocycles. The Kier molecular flexibility index (Phi) is 5.40. The molecule has 1 N–H and O–H groups in total. The van der Waals surface area contributed by atoms with Crippen molar-refractivity contribution in [2.45, 2.75) is 40.5 Å². The lowest BCUT2D eigenvalue weighted by Gasteiger charge is -2.19. The lowest BCUT2D eigenvalue weighted by Crippen LogP contribution is -2.21. The topological polar surface area (TPSA) is 32.3 Å². The van der Waals surface area contributed by atoms with Gasteiger partial charge >= 0.3 is 0 Å². The average molecular weight is 262 g/mol. The van der Waals surface area contributed by atoms with E-state index in [1.807, 2.05) is 34.9 Å². The summed E-state index contributed by atoms with van der Waals surface area (Å²) in [6.45, 7) is 8.17. The first-order valence-corrected chi connectivity index (χ1v) is 6.96. The van der Waals surface area contributed by atoms with Gasteiger partial charge in [0.1, 0.15) is 0 Å². The molecule has 1 rings (SSSR count). The molecular weight excluding hydrogens is 236 g/mol. The van der Waals surface area contributed by atoms with Crippen LogP contribution in [0, 0.1) is 19.8 Å². The van der Waals surface area contributed by atoms with Crippen molar-refractivity contribution in [3.05, 3.63) is 23.3 Å². The molecule has 19 heavy (non-hydrogen) atoms. The smallest absolute Gasteiger partial charge is 0.227 e. The van der Waals surface area contributed by atoms with Crippen LogP contribution in [-0.4, -0.2) is 20.0 Å². The Morgan fingerprint density at radius 2 is 1.79 bits per heavy atom. The molecule has 0 aliphatic rings. The number of benzene rings is 1. The largest absolute Gasteiger partial charge is 0.378 e. The second-order valence-corrected chi connectivity index (χ2v) is 5.53. The molecular formula is C16H26N2O. The zero-order chi connectivity index (χ0) is 14.6. The Hall–Kier alpha value is -1.51. The summed E-state index contributed by atoms with van der Waals surface area (Å²) in [7, 11) is 4.05. The van der Waals surface area contributed by atoms with Crippen LogP contribution >= 0.6 is 0 Å². The molecule has 0 saturated heterocycles. The Balaban J connectivity index is 2.93. The highest BCUT2D eigenvalue weighted by atomic mass is 16.1. The van der Waals surface area contributed by atoms with Crippen molar-refractivity contribution in [2.75, 3.05) is 24.3 Å². The third-order valence-corrected chi connectivity index (χ3v) is 3.45. The SMILES string of the molecule is CCC[C@@H](C)C(=O)Nc1c(C)cc(N(C)C)cc1C. The lowest BCUT2D eigenvalue weighted by atomic mass is 10.0. The minimum absolute atomic E-state index is 0.0670. The van der Waals surface area contributed by atoms with Crippen molar-refractivity contribution in [3.8, 4) is 0 Å². The number of anilines is 2. The Morgan fingerprint density at radius 1 is 1.26 bits per heavy atom. The second kappa shape index (κ2) is 6.60. The zero-order valence-corrected chi connectivity index (χ0v) is 13.0. The summed E-state index contributed by atoms with van der Waals surface area (Å²) in [5.74, 6) is 0.183. The van der Waals surface area contributed by atoms with Gasteiger partial charge in [0.25, 0.3) is 0 Å². The molecule has 0 aliphatic carbocycles. The van der Waals surface area contributed by atoms with E-state index in [4.69, 9.17) is 0 Å². The van der Waals surface area contributed by atoms with Gasteiger partial charge in [-0.25, -0.2) is 0 Å². The minimum Gasteiger partial charge on any atom is -0.378 e. The highest BCUT2D eigenvalue weighted by Gasteiger charge is 2.14. The molecule has 0 radical (unpaired) electrons. The van der Waals surface area contributed by atoms with E-state index >= 15 is 0 Å². The van der Waals surface area contributed by atoms with Gasteiger partial charge in [0.15, 0.2) is 0 Å². The molecule has 1 atom stereocenters. The summed E-state index contributed by atoms with van der Waals surface area (Å²) in [6.07, 6.45) is 1.96. The number of hydrogen-bond acceptors (Lipinski definition) is 2. The third-order valence-electron chi connectivity index (χ3n) is 3.45. The highest BCUT2D eigenvalue weighted by Crippen LogP contribution is 2.26. The van der Waals surface area contributed by atoms with Crippen LogP contribution in [-0.2, 0) is 4.79 Å². The van der Waals surface area contributed by atoms with Gasteiger partial charge in [0, 0.05) is 31.4 Å². The van der Waals surface area contributed by atoms with Gasteiger partial charge in [0.05, 0.1) is 0 Å². The normalized spacial score (nSPS) is 12.1. The van der Waals surface area contributed by atoms with Gasteiger partial charge in [-0.1, -0.05) is 20.3 Å². The van der Waals surface area contributed by atoms with Crippen LogP contribution in [0.25, 0.3) is 0 Å². The van der Waals surface area contributed by atoms with E-state index < -0.39 is 0 Å². The molecule has 0 bridgehead atoms. The van der Waals surface area contributed by atoms with Crippen molar-refractivity contribution in [3.63, 3.8) is 0 Å². The maximum atomic E-state index is 12.1. The molecule has 3 nitrogen and oxygen atoms in total. The van der Waals surface area contributed by atoms with Crippen LogP contribution in [0.15, 0.2) is 12.1 Å². The maximum Gasteiger partial charge on any atom is 0.227 e. The number of carbonyl (C=O) groups is 1. The van der Waals surface area contributed by atoms with Crippen molar-refractivity contribution in [2.24, 2.45) is 5.92 Å². The summed E-state index contributed by atoms with van der Waals surface area (Å²) in [4.78, 5) is 14.2. The van der Waals surface area contributed by atoms with Crippen molar-refractivity contribution >= 4 is 17.3 Å². The summed E-state index contributed by atoms with van der Waals surface area (Å²) in [6, 6.07) is 4.21. The van der Waals surface area contributed by atoms with Crippen LogP contribution < -0.4 is 10.2 Å². The minimum atomic E-state index is 0.0670. The van der Waals surface area contributed by atoms with E-state index in [9.17, 15) is 4.79 Å². The van der Waals surface area contributed by atoms with Gasteiger partial charge in [-0.05, 0) is 43.5 Å². The summed E-state index contributed by atoms with van der Waals surface area (Å²) >= 11 is 0. The molecule has 0 fully saturated rings. The molecule has 3 heteroatoms. The fourth-order valence-electron chi connectivity index (χ4n) is 2.21. The lowest BCUT2D eigenvalue weighted by molar-refractivity contribution is -0.119. The Bertz CT molecular complexity index is 429. The van der Waals surface area contributed by atoms with Crippen LogP contribution in [0.3, 0.4) is 0 Å². The van der Waals surface area contributed by atoms with Gasteiger partial charge in [-0.2, -0.15) is 0 Å². The molecule has 0 aromatic heterocycles. The van der Waals surface area contributed by atoms with E-state index in [0.29, 0.717) is 0 Å². The molecule has 0 unspecified atom stereocenters. The van der Waals surface area contributed by atoms with Crippen molar-refractivity contribution in [1.29, 1.82) is 0 Å². The van der Waals surface area contributed by atoms with Crippen LogP contribution in [0.4, 0.5) is 11.4 Å². The molecule has 1 aromatic carbocycles. The van der Waals surface area contributed by atoms with Crippen LogP contribution in [0.2, 0.25) is 0 Å². The summed E-state index contributed by atoms with van der Waals surface area (Å²) in [5, 5.41) is 3.07. The molecule has 0 spiro atoms. The molecule has 1 aromatic rings. The van der Waals surface area contributed by atoms with Crippen molar-refractivity contribution < 1.29 is 4.79 Å². The van der Waals surface area contributed by atoms with E-state index in [1.54, 1.807) is 0 Å². The molecule has 106 valence electrons. The van der Waals surface area contributed by atoms with Crippen LogP contribution in [0.5, 0.6) is 0 Å². The first-order chi connectivity index (χ1) is 8.86. The zero-order valence-electron chi connectivity index (χ0n) is 13.0. The fourth-order valence-corrected chi connectivity index (χ4v) is 2.21. The fraction of sp³-hybridized carbons (Fsp3) is 0.562. The Morgan fingerprint density at radius 3 is 2.21 bits per heavy atom. The number of nitrogens with zero attached hydrogens (tertiary/aromatic N) is 1. The number of hydrogen-bond donors (Lipinski definition) is 1. The van der Waals surface area contributed by atoms with Crippen LogP contribution in [0.1, 0.15) is 37.8 Å². The number of nitrogens with one attached hydrogen (secondary N) is 1. The van der Waals surface area contributed by atoms with Gasteiger partial charge in [-0.15, -0.1) is 0 Å². The quantitative estimate of drug-likeness (QED) is 0.876. The first-order valence-electron chi connectivity index (χ1n) is 6.96. The monoisotopic (exact) mass is 262 g/mol. The van der Waals surface area contributed by atoms with Crippen molar-refractivity contribution in [1.82, 2.24) is 0 Å². The summed E-state index contributed by atoms with van der Waals surface area (Å²) in [5.41, 5.74) is 4.34. The van der Waals surface area contributed by atoms with Gasteiger partial charge in [-0.3, -0.25) is 4.79 Å². The summed E-state index contributed by atoms with van der Waals surface area (Å²) < 4.78 is 0. The number of rotatable bonds is 5. The standard InChI is InChI=1S/C16H26N2O/c1-7-8-11(2)16(19)17-15-12(3)9-14(18(5)6)10-13(15)4/h9-11H,7-8H2,1-6H3,(H,17,19)/t11-/m1/s1. The molecule has 1 amide bonds. The van der Waals surface area contributed by atoms with Gasteiger partial charge < -0.3 is 10.2 Å². The van der Waals surface area contributed by atoms with E-state index in [2.05, 4.69) is 29.3 Å². The van der Waals surface area contributed by atoms with Gasteiger partial charge in [0.2, 0.25) is 5.91 Å². The second-order valence-electron chi connectivity index (χ2n) is 5.53. The molecule has 0 saturated carbocycles. The predicted molar refractivity (Wildman–Crippen MR) is 82.9 cm³/mol. The number of carbonyl (C=O) groups excluding carboxylic acids is 1. The molecule has 0 heterocycles. The highest BCUT2D eigenvalue weighted by molar-refractivity contribution is 5.94. The first kappa shape index (κ1) is 15.5. The number of aryl methyl sites for hydroxylation is 2.